The van der Waals surface area contributed by atoms with Gasteiger partial charge in [0.1, 0.15) is 0 Å². The van der Waals surface area contributed by atoms with E-state index in [4.69, 9.17) is 4.74 Å². The standard InChI is InChI=1S/C12H19N3O2/c1-12(2,3)9-5-6-10(15-14-9)13-11(16)7-8-17-4/h5-6H,7-8H2,1-4H3,(H,13,15,16). The highest BCUT2D eigenvalue weighted by Gasteiger charge is 2.15. The number of rotatable bonds is 4. The Morgan fingerprint density at radius 1 is 1.35 bits per heavy atom. The summed E-state index contributed by atoms with van der Waals surface area (Å²) < 4.78 is 4.82. The molecular weight excluding hydrogens is 218 g/mol. The molecule has 0 aliphatic rings. The highest BCUT2D eigenvalue weighted by molar-refractivity contribution is 5.89. The first-order chi connectivity index (χ1) is 7.93. The third kappa shape index (κ3) is 4.48. The lowest BCUT2D eigenvalue weighted by Crippen LogP contribution is -2.17. The molecule has 1 N–H and O–H groups in total. The predicted molar refractivity (Wildman–Crippen MR) is 65.9 cm³/mol. The molecule has 17 heavy (non-hydrogen) atoms. The lowest BCUT2D eigenvalue weighted by Gasteiger charge is -2.16. The lowest BCUT2D eigenvalue weighted by molar-refractivity contribution is -0.117. The smallest absolute Gasteiger partial charge is 0.227 e. The molecule has 0 radical (unpaired) electrons. The summed E-state index contributed by atoms with van der Waals surface area (Å²) in [5, 5.41) is 10.7. The second-order valence-corrected chi connectivity index (χ2v) is 4.84. The van der Waals surface area contributed by atoms with Crippen molar-refractivity contribution in [1.29, 1.82) is 0 Å². The van der Waals surface area contributed by atoms with E-state index in [1.165, 1.54) is 0 Å². The number of carbonyl (C=O) groups excluding carboxylic acids is 1. The summed E-state index contributed by atoms with van der Waals surface area (Å²) in [5.41, 5.74) is 0.860. The van der Waals surface area contributed by atoms with Gasteiger partial charge in [0.05, 0.1) is 18.7 Å². The van der Waals surface area contributed by atoms with E-state index in [1.54, 1.807) is 13.2 Å². The average molecular weight is 237 g/mol. The van der Waals surface area contributed by atoms with Gasteiger partial charge in [0, 0.05) is 12.5 Å². The van der Waals surface area contributed by atoms with E-state index in [1.807, 2.05) is 6.07 Å². The fourth-order valence-electron chi connectivity index (χ4n) is 1.20. The number of nitrogens with one attached hydrogen (secondary N) is 1. The number of hydrogen-bond acceptors (Lipinski definition) is 4. The van der Waals surface area contributed by atoms with Crippen molar-refractivity contribution in [3.63, 3.8) is 0 Å². The zero-order valence-electron chi connectivity index (χ0n) is 10.8. The molecule has 0 atom stereocenters. The minimum Gasteiger partial charge on any atom is -0.384 e. The number of aromatic nitrogens is 2. The Bertz CT molecular complexity index is 368. The van der Waals surface area contributed by atoms with Crippen LogP contribution in [0, 0.1) is 0 Å². The zero-order chi connectivity index (χ0) is 12.9. The molecule has 0 fully saturated rings. The fourth-order valence-corrected chi connectivity index (χ4v) is 1.20. The number of methoxy groups -OCH3 is 1. The maximum absolute atomic E-state index is 11.4. The maximum atomic E-state index is 11.4. The number of ether oxygens (including phenoxy) is 1. The van der Waals surface area contributed by atoms with Crippen molar-refractivity contribution in [3.8, 4) is 0 Å². The number of carbonyl (C=O) groups is 1. The van der Waals surface area contributed by atoms with Crippen LogP contribution in [0.15, 0.2) is 12.1 Å². The minimum atomic E-state index is -0.121. The summed E-state index contributed by atoms with van der Waals surface area (Å²) in [7, 11) is 1.56. The Morgan fingerprint density at radius 3 is 2.53 bits per heavy atom. The van der Waals surface area contributed by atoms with Crippen molar-refractivity contribution in [3.05, 3.63) is 17.8 Å². The quantitative estimate of drug-likeness (QED) is 0.866. The van der Waals surface area contributed by atoms with Crippen molar-refractivity contribution in [2.45, 2.75) is 32.6 Å². The largest absolute Gasteiger partial charge is 0.384 e. The van der Waals surface area contributed by atoms with Gasteiger partial charge in [-0.2, -0.15) is 5.10 Å². The summed E-state index contributed by atoms with van der Waals surface area (Å²) in [6.45, 7) is 6.59. The molecule has 5 nitrogen and oxygen atoms in total. The third-order valence-corrected chi connectivity index (χ3v) is 2.23. The molecule has 1 aromatic heterocycles. The summed E-state index contributed by atoms with van der Waals surface area (Å²) in [4.78, 5) is 11.4. The van der Waals surface area contributed by atoms with E-state index in [0.29, 0.717) is 18.8 Å². The van der Waals surface area contributed by atoms with Crippen LogP contribution >= 0.6 is 0 Å². The molecule has 1 rings (SSSR count). The van der Waals surface area contributed by atoms with E-state index in [9.17, 15) is 4.79 Å². The normalized spacial score (nSPS) is 11.3. The van der Waals surface area contributed by atoms with E-state index in [0.717, 1.165) is 5.69 Å². The average Bonchev–Trinajstić information content (AvgIpc) is 2.26. The topological polar surface area (TPSA) is 64.1 Å². The van der Waals surface area contributed by atoms with Crippen LogP contribution < -0.4 is 5.32 Å². The van der Waals surface area contributed by atoms with Crippen LogP contribution in [0.3, 0.4) is 0 Å². The van der Waals surface area contributed by atoms with E-state index < -0.39 is 0 Å². The van der Waals surface area contributed by atoms with Gasteiger partial charge in [0.2, 0.25) is 5.91 Å². The number of anilines is 1. The summed E-state index contributed by atoms with van der Waals surface area (Å²) in [5.74, 6) is 0.351. The van der Waals surface area contributed by atoms with Crippen LogP contribution in [-0.2, 0) is 14.9 Å². The van der Waals surface area contributed by atoms with Crippen LogP contribution in [0.4, 0.5) is 5.82 Å². The van der Waals surface area contributed by atoms with Crippen LogP contribution in [-0.4, -0.2) is 29.8 Å². The molecule has 0 aromatic carbocycles. The number of nitrogens with zero attached hydrogens (tertiary/aromatic N) is 2. The molecule has 0 aliphatic heterocycles. The Kier molecular flexibility index (Phi) is 4.57. The summed E-state index contributed by atoms with van der Waals surface area (Å²) in [6.07, 6.45) is 0.319. The first kappa shape index (κ1) is 13.6. The maximum Gasteiger partial charge on any atom is 0.227 e. The molecule has 0 unspecified atom stereocenters. The molecule has 0 spiro atoms. The van der Waals surface area contributed by atoms with Gasteiger partial charge in [-0.05, 0) is 12.1 Å². The van der Waals surface area contributed by atoms with Gasteiger partial charge in [-0.15, -0.1) is 5.10 Å². The Labute approximate surface area is 102 Å². The highest BCUT2D eigenvalue weighted by Crippen LogP contribution is 2.19. The Hall–Kier alpha value is -1.49. The van der Waals surface area contributed by atoms with Crippen molar-refractivity contribution in [1.82, 2.24) is 10.2 Å². The van der Waals surface area contributed by atoms with Crippen LogP contribution in [0.2, 0.25) is 0 Å². The Morgan fingerprint density at radius 2 is 2.06 bits per heavy atom. The van der Waals surface area contributed by atoms with Gasteiger partial charge in [-0.3, -0.25) is 4.79 Å². The minimum absolute atomic E-state index is 0.0361. The molecule has 0 bridgehead atoms. The lowest BCUT2D eigenvalue weighted by atomic mass is 9.92. The van der Waals surface area contributed by atoms with Gasteiger partial charge >= 0.3 is 0 Å². The number of hydrogen-bond donors (Lipinski definition) is 1. The first-order valence-corrected chi connectivity index (χ1v) is 5.56. The molecule has 1 aromatic rings. The second kappa shape index (κ2) is 5.72. The van der Waals surface area contributed by atoms with Crippen molar-refractivity contribution < 1.29 is 9.53 Å². The van der Waals surface area contributed by atoms with Gasteiger partial charge in [0.25, 0.3) is 0 Å². The van der Waals surface area contributed by atoms with Gasteiger partial charge in [0.15, 0.2) is 5.82 Å². The van der Waals surface area contributed by atoms with Gasteiger partial charge < -0.3 is 10.1 Å². The third-order valence-electron chi connectivity index (χ3n) is 2.23. The zero-order valence-corrected chi connectivity index (χ0v) is 10.8. The van der Waals surface area contributed by atoms with Crippen LogP contribution in [0.5, 0.6) is 0 Å². The predicted octanol–water partition coefficient (Wildman–Crippen LogP) is 1.75. The molecular formula is C12H19N3O2. The molecule has 0 saturated carbocycles. The fraction of sp³-hybridized carbons (Fsp3) is 0.583. The van der Waals surface area contributed by atoms with E-state index in [2.05, 4.69) is 36.3 Å². The molecule has 5 heteroatoms. The van der Waals surface area contributed by atoms with E-state index >= 15 is 0 Å². The summed E-state index contributed by atoms with van der Waals surface area (Å²) in [6, 6.07) is 3.64. The molecule has 0 aliphatic carbocycles. The molecule has 0 saturated heterocycles. The summed E-state index contributed by atoms with van der Waals surface area (Å²) >= 11 is 0. The van der Waals surface area contributed by atoms with Crippen molar-refractivity contribution in [2.75, 3.05) is 19.0 Å². The second-order valence-electron chi connectivity index (χ2n) is 4.84. The SMILES string of the molecule is COCCC(=O)Nc1ccc(C(C)(C)C)nn1. The number of amides is 1. The molecule has 1 heterocycles. The van der Waals surface area contributed by atoms with E-state index in [-0.39, 0.29) is 11.3 Å². The van der Waals surface area contributed by atoms with Gasteiger partial charge in [-0.25, -0.2) is 0 Å². The highest BCUT2D eigenvalue weighted by atomic mass is 16.5. The Balaban J connectivity index is 2.60. The first-order valence-electron chi connectivity index (χ1n) is 5.56. The molecule has 94 valence electrons. The van der Waals surface area contributed by atoms with Crippen molar-refractivity contribution in [2.24, 2.45) is 0 Å². The van der Waals surface area contributed by atoms with Crippen molar-refractivity contribution >= 4 is 11.7 Å². The van der Waals surface area contributed by atoms with Crippen LogP contribution in [0.25, 0.3) is 0 Å². The van der Waals surface area contributed by atoms with Crippen LogP contribution in [0.1, 0.15) is 32.9 Å². The van der Waals surface area contributed by atoms with Gasteiger partial charge in [-0.1, -0.05) is 20.8 Å². The monoisotopic (exact) mass is 237 g/mol. The molecule has 1 amide bonds.